The third kappa shape index (κ3) is 5.78. The van der Waals surface area contributed by atoms with E-state index in [1.807, 2.05) is 38.2 Å². The van der Waals surface area contributed by atoms with E-state index in [0.29, 0.717) is 52.3 Å². The molecule has 0 N–H and O–H groups in total. The van der Waals surface area contributed by atoms with Gasteiger partial charge in [0.25, 0.3) is 5.69 Å². The van der Waals surface area contributed by atoms with Gasteiger partial charge in [-0.1, -0.05) is 41.4 Å². The van der Waals surface area contributed by atoms with Gasteiger partial charge in [0, 0.05) is 37.2 Å². The number of nitro groups is 1. The second-order valence-corrected chi connectivity index (χ2v) is 13.9. The summed E-state index contributed by atoms with van der Waals surface area (Å²) in [7, 11) is 8.67. The van der Waals surface area contributed by atoms with Gasteiger partial charge in [-0.25, -0.2) is 0 Å². The Hall–Kier alpha value is -4.22. The lowest BCUT2D eigenvalue weighted by Gasteiger charge is -2.38. The third-order valence-corrected chi connectivity index (χ3v) is 11.2. The van der Waals surface area contributed by atoms with Crippen molar-refractivity contribution in [2.75, 3.05) is 48.5 Å². The van der Waals surface area contributed by atoms with Crippen LogP contribution in [0.4, 0.5) is 5.69 Å². The first-order chi connectivity index (χ1) is 24.0. The molecule has 4 aromatic carbocycles. The number of likely N-dealkylation sites (N-methyl/N-ethyl adjacent to an activating group) is 2. The van der Waals surface area contributed by atoms with Crippen LogP contribution in [0.25, 0.3) is 0 Å². The lowest BCUT2D eigenvalue weighted by atomic mass is 9.86. The average molecular weight is 721 g/mol. The highest BCUT2D eigenvalue weighted by Gasteiger charge is 2.39. The molecule has 50 heavy (non-hydrogen) atoms. The van der Waals surface area contributed by atoms with Crippen LogP contribution in [0.5, 0.6) is 40.2 Å². The van der Waals surface area contributed by atoms with Gasteiger partial charge < -0.3 is 23.7 Å². The number of benzene rings is 4. The molecule has 0 aromatic heterocycles. The van der Waals surface area contributed by atoms with Crippen LogP contribution in [0.2, 0.25) is 10.0 Å². The molecule has 4 aliphatic rings. The van der Waals surface area contributed by atoms with E-state index in [1.54, 1.807) is 14.2 Å². The molecule has 4 aromatic rings. The van der Waals surface area contributed by atoms with Crippen LogP contribution in [0, 0.1) is 17.0 Å². The molecule has 262 valence electrons. The van der Waals surface area contributed by atoms with Gasteiger partial charge in [-0.2, -0.15) is 0 Å². The maximum Gasteiger partial charge on any atom is 0.278 e. The van der Waals surface area contributed by atoms with E-state index >= 15 is 0 Å². The fourth-order valence-corrected chi connectivity index (χ4v) is 8.30. The summed E-state index contributed by atoms with van der Waals surface area (Å²) in [6.07, 6.45) is 2.42. The molecule has 10 nitrogen and oxygen atoms in total. The van der Waals surface area contributed by atoms with Gasteiger partial charge in [-0.3, -0.25) is 19.9 Å². The number of hydrogen-bond donors (Lipinski definition) is 0. The molecular formula is C38H39Cl2N3O7. The van der Waals surface area contributed by atoms with Gasteiger partial charge in [0.1, 0.15) is 11.5 Å². The first-order valence-electron chi connectivity index (χ1n) is 16.5. The minimum atomic E-state index is -0.460. The Morgan fingerprint density at radius 2 is 1.52 bits per heavy atom. The number of halogens is 2. The van der Waals surface area contributed by atoms with Crippen molar-refractivity contribution in [3.8, 4) is 40.2 Å². The topological polar surface area (TPSA) is 95.8 Å². The maximum absolute atomic E-state index is 12.6. The van der Waals surface area contributed by atoms with E-state index in [-0.39, 0.29) is 34.7 Å². The van der Waals surface area contributed by atoms with Crippen molar-refractivity contribution in [3.63, 3.8) is 0 Å². The van der Waals surface area contributed by atoms with Gasteiger partial charge in [0.15, 0.2) is 23.0 Å². The van der Waals surface area contributed by atoms with Crippen LogP contribution in [-0.4, -0.2) is 63.2 Å². The molecule has 8 rings (SSSR count). The van der Waals surface area contributed by atoms with Crippen LogP contribution < -0.4 is 23.7 Å². The van der Waals surface area contributed by atoms with Gasteiger partial charge in [-0.15, -0.1) is 0 Å². The molecule has 0 radical (unpaired) electrons. The molecule has 4 heterocycles. The molecule has 0 saturated heterocycles. The quantitative estimate of drug-likeness (QED) is 0.152. The van der Waals surface area contributed by atoms with Gasteiger partial charge >= 0.3 is 0 Å². The van der Waals surface area contributed by atoms with Crippen LogP contribution in [0.15, 0.2) is 42.5 Å². The fraction of sp³-hybridized carbons (Fsp3) is 0.368. The number of hydrogen-bond acceptors (Lipinski definition) is 9. The Morgan fingerprint density at radius 1 is 0.820 bits per heavy atom. The van der Waals surface area contributed by atoms with Crippen LogP contribution in [0.1, 0.15) is 51.0 Å². The molecule has 2 atom stereocenters. The van der Waals surface area contributed by atoms with Crippen LogP contribution in [-0.2, 0) is 25.7 Å². The van der Waals surface area contributed by atoms with Gasteiger partial charge in [0.05, 0.1) is 47.9 Å². The second kappa shape index (κ2) is 13.5. The minimum absolute atomic E-state index is 0.0933. The Kier molecular flexibility index (Phi) is 9.23. The highest BCUT2D eigenvalue weighted by atomic mass is 35.5. The van der Waals surface area contributed by atoms with Crippen molar-refractivity contribution in [1.29, 1.82) is 0 Å². The lowest BCUT2D eigenvalue weighted by Crippen LogP contribution is -2.34. The van der Waals surface area contributed by atoms with Crippen molar-refractivity contribution >= 4 is 28.9 Å². The third-order valence-electron chi connectivity index (χ3n) is 10.4. The molecule has 0 spiro atoms. The van der Waals surface area contributed by atoms with Gasteiger partial charge in [-0.05, 0) is 86.3 Å². The highest BCUT2D eigenvalue weighted by Crippen LogP contribution is 2.55. The van der Waals surface area contributed by atoms with E-state index in [9.17, 15) is 10.1 Å². The molecule has 12 heteroatoms. The zero-order valence-electron chi connectivity index (χ0n) is 28.9. The second-order valence-electron chi connectivity index (χ2n) is 13.1. The molecule has 0 amide bonds. The van der Waals surface area contributed by atoms with Crippen molar-refractivity contribution in [2.45, 2.75) is 44.7 Å². The van der Waals surface area contributed by atoms with E-state index in [4.69, 9.17) is 46.9 Å². The summed E-state index contributed by atoms with van der Waals surface area (Å²) >= 11 is 14.2. The molecular weight excluding hydrogens is 681 g/mol. The molecule has 0 saturated carbocycles. The fourth-order valence-electron chi connectivity index (χ4n) is 7.64. The zero-order valence-corrected chi connectivity index (χ0v) is 30.4. The molecule has 4 aliphatic heterocycles. The minimum Gasteiger partial charge on any atom is -0.493 e. The Balaban J connectivity index is 1.53. The predicted molar refractivity (Wildman–Crippen MR) is 193 cm³/mol. The van der Waals surface area contributed by atoms with Gasteiger partial charge in [0.2, 0.25) is 5.75 Å². The summed E-state index contributed by atoms with van der Waals surface area (Å²) < 4.78 is 30.8. The SMILES string of the molecule is COc1cc([N+](=O)[O-])c2c(Cl)c1Oc1ccc(cc1)C[C@H]1c3cc(c(C)cc3CCN1C)Oc1c(OC)c(OC)c(Cl)c3c1[C@H](C2)N(C)CC3. The molecule has 0 fully saturated rings. The Labute approximate surface area is 301 Å². The maximum atomic E-state index is 12.6. The molecule has 0 aliphatic carbocycles. The summed E-state index contributed by atoms with van der Waals surface area (Å²) in [4.78, 5) is 16.7. The highest BCUT2D eigenvalue weighted by molar-refractivity contribution is 6.34. The predicted octanol–water partition coefficient (Wildman–Crippen LogP) is 8.68. The average Bonchev–Trinajstić information content (AvgIpc) is 3.10. The van der Waals surface area contributed by atoms with E-state index in [2.05, 4.69) is 29.0 Å². The molecule has 6 bridgehead atoms. The van der Waals surface area contributed by atoms with E-state index in [0.717, 1.165) is 41.6 Å². The van der Waals surface area contributed by atoms with E-state index in [1.165, 1.54) is 24.3 Å². The largest absolute Gasteiger partial charge is 0.493 e. The summed E-state index contributed by atoms with van der Waals surface area (Å²) in [6, 6.07) is 13.2. The first-order valence-corrected chi connectivity index (χ1v) is 17.3. The standard InChI is InChI=1S/C38H39Cl2N3O7/c1-20-15-22-11-13-41(2)27-16-21-7-9-23(10-8-21)49-35-31(46-4)19-28(43(44)45)26(34(35)40)17-29-32-24(12-14-42(29)3)33(39)37(47-5)38(48-6)36(32)50-30(20)18-25(22)27/h7-10,15,18-19,27,29H,11-14,16-17H2,1-6H3/t27-,29-/m0/s1. The zero-order chi connectivity index (χ0) is 35.4. The van der Waals surface area contributed by atoms with Crippen molar-refractivity contribution < 1.29 is 28.6 Å². The number of methoxy groups -OCH3 is 3. The molecule has 0 unspecified atom stereocenters. The number of nitro benzene ring substituents is 1. The van der Waals surface area contributed by atoms with Crippen molar-refractivity contribution in [3.05, 3.63) is 102 Å². The first kappa shape index (κ1) is 34.2. The summed E-state index contributed by atoms with van der Waals surface area (Å²) in [5.74, 6) is 2.73. The Bertz CT molecular complexity index is 2000. The van der Waals surface area contributed by atoms with Crippen LogP contribution >= 0.6 is 23.2 Å². The number of rotatable bonds is 4. The summed E-state index contributed by atoms with van der Waals surface area (Å²) in [5, 5.41) is 13.1. The van der Waals surface area contributed by atoms with Crippen molar-refractivity contribution in [2.24, 2.45) is 0 Å². The normalized spacial score (nSPS) is 18.6. The number of ether oxygens (including phenoxy) is 5. The smallest absolute Gasteiger partial charge is 0.278 e. The van der Waals surface area contributed by atoms with Crippen molar-refractivity contribution in [1.82, 2.24) is 9.80 Å². The number of aryl methyl sites for hydroxylation is 1. The summed E-state index contributed by atoms with van der Waals surface area (Å²) in [6.45, 7) is 3.60. The Morgan fingerprint density at radius 3 is 2.20 bits per heavy atom. The number of nitrogens with zero attached hydrogens (tertiary/aromatic N) is 3. The van der Waals surface area contributed by atoms with Crippen LogP contribution in [0.3, 0.4) is 0 Å². The summed E-state index contributed by atoms with van der Waals surface area (Å²) in [5.41, 5.74) is 6.29. The van der Waals surface area contributed by atoms with E-state index < -0.39 is 11.0 Å². The lowest BCUT2D eigenvalue weighted by molar-refractivity contribution is -0.385. The number of fused-ring (bicyclic) bond motifs is 2. The monoisotopic (exact) mass is 719 g/mol.